The molecule has 0 aliphatic rings. The Hall–Kier alpha value is -3.04. The van der Waals surface area contributed by atoms with Crippen LogP contribution in [0.3, 0.4) is 0 Å². The maximum Gasteiger partial charge on any atom is 0.271 e. The van der Waals surface area contributed by atoms with Crippen LogP contribution in [0.2, 0.25) is 0 Å². The van der Waals surface area contributed by atoms with Crippen molar-refractivity contribution in [3.8, 4) is 17.1 Å². The number of carbonyl (C=O) groups excluding carboxylic acids is 1. The number of thiazole rings is 1. The van der Waals surface area contributed by atoms with Crippen molar-refractivity contribution in [1.29, 1.82) is 0 Å². The number of para-hydroxylation sites is 1. The van der Waals surface area contributed by atoms with E-state index in [2.05, 4.69) is 25.5 Å². The topological polar surface area (TPSA) is 85.6 Å². The monoisotopic (exact) mass is 450 g/mol. The highest BCUT2D eigenvalue weighted by Crippen LogP contribution is 2.30. The Bertz CT molecular complexity index is 1170. The molecule has 0 aliphatic heterocycles. The number of aromatic nitrogens is 5. The molecule has 0 spiro atoms. The van der Waals surface area contributed by atoms with E-state index in [1.54, 1.807) is 17.8 Å². The van der Waals surface area contributed by atoms with E-state index < -0.39 is 0 Å². The van der Waals surface area contributed by atoms with Crippen LogP contribution in [0.4, 0.5) is 0 Å². The van der Waals surface area contributed by atoms with Gasteiger partial charge in [-0.3, -0.25) is 14.3 Å². The Morgan fingerprint density at radius 3 is 2.65 bits per heavy atom. The molecule has 31 heavy (non-hydrogen) atoms. The van der Waals surface area contributed by atoms with Crippen molar-refractivity contribution in [3.63, 3.8) is 0 Å². The van der Waals surface area contributed by atoms with Gasteiger partial charge in [0.2, 0.25) is 0 Å². The fraction of sp³-hybridized carbons (Fsp3) is 0.227. The van der Waals surface area contributed by atoms with Crippen molar-refractivity contribution in [2.75, 3.05) is 0 Å². The molecule has 4 aromatic rings. The lowest BCUT2D eigenvalue weighted by atomic mass is 10.1. The summed E-state index contributed by atoms with van der Waals surface area (Å²) in [7, 11) is 0. The summed E-state index contributed by atoms with van der Waals surface area (Å²) in [6.07, 6.45) is 3.51. The van der Waals surface area contributed by atoms with Gasteiger partial charge in [-0.25, -0.2) is 4.98 Å². The van der Waals surface area contributed by atoms with E-state index in [0.29, 0.717) is 11.4 Å². The van der Waals surface area contributed by atoms with Crippen molar-refractivity contribution >= 4 is 29.0 Å². The molecular weight excluding hydrogens is 428 g/mol. The highest BCUT2D eigenvalue weighted by Gasteiger charge is 2.19. The molecule has 0 bridgehead atoms. The highest BCUT2D eigenvalue weighted by molar-refractivity contribution is 7.98. The molecule has 7 nitrogen and oxygen atoms in total. The molecule has 0 fully saturated rings. The lowest BCUT2D eigenvalue weighted by Gasteiger charge is -2.19. The van der Waals surface area contributed by atoms with Crippen LogP contribution in [-0.2, 0) is 5.75 Å². The fourth-order valence-electron chi connectivity index (χ4n) is 2.87. The molecule has 0 saturated carbocycles. The minimum atomic E-state index is -0.301. The normalized spacial score (nSPS) is 11.5. The number of hydrogen-bond donors (Lipinski definition) is 1. The molecule has 1 N–H and O–H groups in total. The number of hydrogen-bond acceptors (Lipinski definition) is 7. The summed E-state index contributed by atoms with van der Waals surface area (Å²) < 4.78 is 2.02. The summed E-state index contributed by atoms with van der Waals surface area (Å²) in [5, 5.41) is 15.2. The summed E-state index contributed by atoms with van der Waals surface area (Å²) in [5.74, 6) is 1.16. The van der Waals surface area contributed by atoms with E-state index in [0.717, 1.165) is 27.2 Å². The van der Waals surface area contributed by atoms with Gasteiger partial charge in [-0.05, 0) is 45.0 Å². The molecule has 0 aliphatic carbocycles. The van der Waals surface area contributed by atoms with Gasteiger partial charge in [0, 0.05) is 34.6 Å². The molecule has 158 valence electrons. The van der Waals surface area contributed by atoms with Crippen molar-refractivity contribution < 1.29 is 4.79 Å². The average molecular weight is 451 g/mol. The van der Waals surface area contributed by atoms with E-state index in [9.17, 15) is 4.79 Å². The summed E-state index contributed by atoms with van der Waals surface area (Å²) in [5.41, 5.74) is 2.00. The number of nitrogens with one attached hydrogen (secondary N) is 1. The number of nitrogens with zero attached hydrogens (tertiary/aromatic N) is 5. The lowest BCUT2D eigenvalue weighted by Crippen LogP contribution is -2.40. The molecule has 0 saturated heterocycles. The number of carbonyl (C=O) groups is 1. The van der Waals surface area contributed by atoms with Crippen molar-refractivity contribution in [3.05, 3.63) is 70.9 Å². The molecule has 1 aromatic carbocycles. The molecular formula is C22H22N6OS2. The van der Waals surface area contributed by atoms with Gasteiger partial charge in [0.15, 0.2) is 11.0 Å². The smallest absolute Gasteiger partial charge is 0.271 e. The van der Waals surface area contributed by atoms with Gasteiger partial charge in [0.1, 0.15) is 10.7 Å². The van der Waals surface area contributed by atoms with Gasteiger partial charge in [0.25, 0.3) is 5.91 Å². The first-order valence-electron chi connectivity index (χ1n) is 9.72. The second-order valence-corrected chi connectivity index (χ2v) is 9.72. The van der Waals surface area contributed by atoms with E-state index >= 15 is 0 Å². The summed E-state index contributed by atoms with van der Waals surface area (Å²) in [6, 6.07) is 13.8. The maximum absolute atomic E-state index is 12.3. The van der Waals surface area contributed by atoms with Crippen LogP contribution in [-0.4, -0.2) is 36.2 Å². The Morgan fingerprint density at radius 2 is 1.94 bits per heavy atom. The zero-order chi connectivity index (χ0) is 21.8. The van der Waals surface area contributed by atoms with Crippen LogP contribution in [0.15, 0.2) is 65.4 Å². The summed E-state index contributed by atoms with van der Waals surface area (Å²) >= 11 is 3.00. The van der Waals surface area contributed by atoms with Crippen LogP contribution in [0, 0.1) is 0 Å². The third-order valence-electron chi connectivity index (χ3n) is 4.17. The minimum Gasteiger partial charge on any atom is -0.346 e. The molecule has 1 amide bonds. The van der Waals surface area contributed by atoms with Crippen molar-refractivity contribution in [1.82, 2.24) is 30.0 Å². The highest BCUT2D eigenvalue weighted by atomic mass is 32.2. The zero-order valence-electron chi connectivity index (χ0n) is 17.4. The van der Waals surface area contributed by atoms with Gasteiger partial charge < -0.3 is 5.32 Å². The maximum atomic E-state index is 12.3. The predicted molar refractivity (Wildman–Crippen MR) is 123 cm³/mol. The molecule has 3 aromatic heterocycles. The predicted octanol–water partition coefficient (Wildman–Crippen LogP) is 4.61. The molecule has 3 heterocycles. The first kappa shape index (κ1) is 21.2. The number of amides is 1. The molecule has 0 unspecified atom stereocenters. The minimum absolute atomic E-state index is 0.161. The first-order chi connectivity index (χ1) is 14.9. The van der Waals surface area contributed by atoms with E-state index in [4.69, 9.17) is 0 Å². The molecule has 9 heteroatoms. The summed E-state index contributed by atoms with van der Waals surface area (Å²) in [4.78, 5) is 21.0. The van der Waals surface area contributed by atoms with Crippen LogP contribution in [0.25, 0.3) is 17.1 Å². The fourth-order valence-corrected chi connectivity index (χ4v) is 4.61. The van der Waals surface area contributed by atoms with Crippen LogP contribution in [0.1, 0.15) is 36.3 Å². The van der Waals surface area contributed by atoms with Crippen molar-refractivity contribution in [2.45, 2.75) is 37.2 Å². The van der Waals surface area contributed by atoms with Gasteiger partial charge in [-0.15, -0.1) is 21.5 Å². The number of benzene rings is 1. The quantitative estimate of drug-likeness (QED) is 0.432. The third-order valence-corrected chi connectivity index (χ3v) is 6.14. The SMILES string of the molecule is CC(C)(C)NC(=O)c1csc(CSc2nnc(-c3cccnc3)n2-c2ccccc2)n1. The third kappa shape index (κ3) is 5.18. The zero-order valence-corrected chi connectivity index (χ0v) is 19.1. The van der Waals surface area contributed by atoms with Gasteiger partial charge in [0.05, 0.1) is 5.75 Å². The number of rotatable bonds is 6. The molecule has 0 atom stereocenters. The van der Waals surface area contributed by atoms with E-state index in [1.807, 2.05) is 67.8 Å². The summed E-state index contributed by atoms with van der Waals surface area (Å²) in [6.45, 7) is 5.85. The number of pyridine rings is 1. The van der Waals surface area contributed by atoms with Gasteiger partial charge in [-0.1, -0.05) is 30.0 Å². The van der Waals surface area contributed by atoms with Crippen LogP contribution < -0.4 is 5.32 Å². The average Bonchev–Trinajstić information content (AvgIpc) is 3.39. The first-order valence-corrected chi connectivity index (χ1v) is 11.6. The second-order valence-electron chi connectivity index (χ2n) is 7.84. The van der Waals surface area contributed by atoms with E-state index in [-0.39, 0.29) is 11.4 Å². The Morgan fingerprint density at radius 1 is 1.13 bits per heavy atom. The Balaban J connectivity index is 1.57. The van der Waals surface area contributed by atoms with Crippen LogP contribution in [0.5, 0.6) is 0 Å². The largest absolute Gasteiger partial charge is 0.346 e. The Labute approximate surface area is 189 Å². The van der Waals surface area contributed by atoms with E-state index in [1.165, 1.54) is 23.1 Å². The van der Waals surface area contributed by atoms with Crippen molar-refractivity contribution in [2.24, 2.45) is 0 Å². The second kappa shape index (κ2) is 8.99. The standard InChI is InChI=1S/C22H22N6OS2/c1-22(2,3)25-20(29)17-13-30-18(24-17)14-31-21-27-26-19(15-8-7-11-23-12-15)28(21)16-9-5-4-6-10-16/h4-13H,14H2,1-3H3,(H,25,29). The Kier molecular flexibility index (Phi) is 6.15. The number of thioether (sulfide) groups is 1. The molecule has 4 rings (SSSR count). The lowest BCUT2D eigenvalue weighted by molar-refractivity contribution is 0.0915. The van der Waals surface area contributed by atoms with Gasteiger partial charge in [-0.2, -0.15) is 0 Å². The van der Waals surface area contributed by atoms with Crippen LogP contribution >= 0.6 is 23.1 Å². The molecule has 0 radical (unpaired) electrons. The van der Waals surface area contributed by atoms with Gasteiger partial charge >= 0.3 is 0 Å².